The minimum Gasteiger partial charge on any atom is -0.355 e. The number of carbonyl (C=O) groups is 3. The Morgan fingerprint density at radius 2 is 1.54 bits per heavy atom. The predicted octanol–water partition coefficient (Wildman–Crippen LogP) is 2.37. The summed E-state index contributed by atoms with van der Waals surface area (Å²) in [6.45, 7) is 0.913. The molecule has 1 N–H and O–H groups in total. The molecule has 134 valence electrons. The van der Waals surface area contributed by atoms with Gasteiger partial charge >= 0.3 is 0 Å². The zero-order valence-electron chi connectivity index (χ0n) is 14.3. The number of thioether (sulfide) groups is 1. The highest BCUT2D eigenvalue weighted by Gasteiger charge is 2.34. The van der Waals surface area contributed by atoms with Gasteiger partial charge in [-0.3, -0.25) is 19.3 Å². The molecule has 5 nitrogen and oxygen atoms in total. The van der Waals surface area contributed by atoms with Gasteiger partial charge < -0.3 is 5.32 Å². The van der Waals surface area contributed by atoms with Crippen molar-refractivity contribution in [3.05, 3.63) is 71.3 Å². The van der Waals surface area contributed by atoms with Crippen LogP contribution in [-0.4, -0.2) is 47.2 Å². The van der Waals surface area contributed by atoms with Crippen LogP contribution in [0.15, 0.2) is 54.6 Å². The first-order valence-electron chi connectivity index (χ1n) is 8.50. The van der Waals surface area contributed by atoms with Crippen molar-refractivity contribution in [3.63, 3.8) is 0 Å². The Kier molecular flexibility index (Phi) is 6.07. The van der Waals surface area contributed by atoms with Gasteiger partial charge in [-0.05, 0) is 24.1 Å². The normalized spacial score (nSPS) is 13.0. The quantitative estimate of drug-likeness (QED) is 0.574. The fourth-order valence-electron chi connectivity index (χ4n) is 2.80. The van der Waals surface area contributed by atoms with Crippen LogP contribution in [0, 0.1) is 0 Å². The van der Waals surface area contributed by atoms with Crippen LogP contribution < -0.4 is 5.32 Å². The molecule has 0 fully saturated rings. The zero-order valence-corrected chi connectivity index (χ0v) is 15.1. The second-order valence-electron chi connectivity index (χ2n) is 5.95. The van der Waals surface area contributed by atoms with E-state index in [9.17, 15) is 14.4 Å². The highest BCUT2D eigenvalue weighted by Crippen LogP contribution is 2.22. The van der Waals surface area contributed by atoms with E-state index in [0.29, 0.717) is 35.7 Å². The number of fused-ring (bicyclic) bond motifs is 1. The van der Waals surface area contributed by atoms with Gasteiger partial charge in [0.2, 0.25) is 5.91 Å². The van der Waals surface area contributed by atoms with Crippen LogP contribution in [0.3, 0.4) is 0 Å². The van der Waals surface area contributed by atoms with Crippen LogP contribution in [0.1, 0.15) is 26.3 Å². The predicted molar refractivity (Wildman–Crippen MR) is 102 cm³/mol. The second-order valence-corrected chi connectivity index (χ2v) is 7.05. The van der Waals surface area contributed by atoms with E-state index in [1.54, 1.807) is 24.3 Å². The Labute approximate surface area is 156 Å². The summed E-state index contributed by atoms with van der Waals surface area (Å²) in [7, 11) is 0. The average Bonchev–Trinajstić information content (AvgIpc) is 2.91. The van der Waals surface area contributed by atoms with Crippen molar-refractivity contribution in [1.82, 2.24) is 10.2 Å². The molecule has 3 rings (SSSR count). The molecule has 0 unspecified atom stereocenters. The molecule has 0 aromatic heterocycles. The Hall–Kier alpha value is -2.60. The molecular weight excluding hydrogens is 348 g/mol. The minimum atomic E-state index is -0.251. The number of carbonyl (C=O) groups excluding carboxylic acids is 3. The van der Waals surface area contributed by atoms with E-state index in [-0.39, 0.29) is 17.7 Å². The first-order valence-corrected chi connectivity index (χ1v) is 9.66. The van der Waals surface area contributed by atoms with Crippen LogP contribution in [0.5, 0.6) is 0 Å². The molecule has 6 heteroatoms. The number of benzene rings is 2. The second kappa shape index (κ2) is 8.67. The summed E-state index contributed by atoms with van der Waals surface area (Å²) >= 11 is 1.42. The van der Waals surface area contributed by atoms with Crippen LogP contribution in [-0.2, 0) is 11.2 Å². The fourth-order valence-corrected chi connectivity index (χ4v) is 3.55. The number of hydrogen-bond acceptors (Lipinski definition) is 4. The van der Waals surface area contributed by atoms with Crippen LogP contribution in [0.2, 0.25) is 0 Å². The summed E-state index contributed by atoms with van der Waals surface area (Å²) in [5, 5.41) is 2.88. The maximum absolute atomic E-state index is 12.2. The zero-order chi connectivity index (χ0) is 18.4. The van der Waals surface area contributed by atoms with Crippen molar-refractivity contribution in [2.75, 3.05) is 24.6 Å². The topological polar surface area (TPSA) is 66.5 Å². The number of rotatable bonds is 8. The van der Waals surface area contributed by atoms with Gasteiger partial charge in [-0.2, -0.15) is 11.8 Å². The highest BCUT2D eigenvalue weighted by atomic mass is 32.2. The summed E-state index contributed by atoms with van der Waals surface area (Å²) in [4.78, 5) is 37.6. The maximum atomic E-state index is 12.2. The van der Waals surface area contributed by atoms with Crippen molar-refractivity contribution in [3.8, 4) is 0 Å². The largest absolute Gasteiger partial charge is 0.355 e. The number of imide groups is 1. The Morgan fingerprint density at radius 3 is 2.19 bits per heavy atom. The van der Waals surface area contributed by atoms with E-state index in [0.717, 1.165) is 6.42 Å². The molecule has 0 bridgehead atoms. The van der Waals surface area contributed by atoms with Gasteiger partial charge in [0.05, 0.1) is 16.9 Å². The maximum Gasteiger partial charge on any atom is 0.261 e. The molecule has 0 saturated carbocycles. The van der Waals surface area contributed by atoms with Gasteiger partial charge in [0.25, 0.3) is 11.8 Å². The first kappa shape index (κ1) is 18.2. The molecule has 1 heterocycles. The third-order valence-corrected chi connectivity index (χ3v) is 5.09. The highest BCUT2D eigenvalue weighted by molar-refractivity contribution is 7.99. The molecule has 0 saturated heterocycles. The van der Waals surface area contributed by atoms with Gasteiger partial charge in [0, 0.05) is 18.8 Å². The summed E-state index contributed by atoms with van der Waals surface area (Å²) in [5.74, 6) is 0.320. The molecular formula is C20H20N2O3S. The number of nitrogens with zero attached hydrogens (tertiary/aromatic N) is 1. The molecule has 0 spiro atoms. The van der Waals surface area contributed by atoms with Gasteiger partial charge in [0.1, 0.15) is 0 Å². The molecule has 1 aliphatic rings. The summed E-state index contributed by atoms with van der Waals surface area (Å²) < 4.78 is 0. The number of nitrogens with one attached hydrogen (secondary N) is 1. The average molecular weight is 368 g/mol. The van der Waals surface area contributed by atoms with Crippen molar-refractivity contribution in [2.45, 2.75) is 6.42 Å². The molecule has 1 aliphatic heterocycles. The molecule has 2 aromatic carbocycles. The lowest BCUT2D eigenvalue weighted by molar-refractivity contribution is -0.118. The number of hydrogen-bond donors (Lipinski definition) is 1. The fraction of sp³-hybridized carbons (Fsp3) is 0.250. The summed E-state index contributed by atoms with van der Waals surface area (Å²) in [6.07, 6.45) is 0.798. The van der Waals surface area contributed by atoms with E-state index in [4.69, 9.17) is 0 Å². The first-order chi connectivity index (χ1) is 12.7. The third-order valence-electron chi connectivity index (χ3n) is 4.15. The SMILES string of the molecule is O=C(CSCCN1C(=O)c2ccccc2C1=O)NCCc1ccccc1. The lowest BCUT2D eigenvalue weighted by atomic mass is 10.1. The molecule has 3 amide bonds. The summed E-state index contributed by atoms with van der Waals surface area (Å²) in [5.41, 5.74) is 2.10. The standard InChI is InChI=1S/C20H20N2O3S/c23-18(21-11-10-15-6-2-1-3-7-15)14-26-13-12-22-19(24)16-8-4-5-9-17(16)20(22)25/h1-9H,10-14H2,(H,21,23). The minimum absolute atomic E-state index is 0.0340. The molecule has 0 aliphatic carbocycles. The van der Waals surface area contributed by atoms with Gasteiger partial charge in [-0.15, -0.1) is 0 Å². The van der Waals surface area contributed by atoms with E-state index < -0.39 is 0 Å². The monoisotopic (exact) mass is 368 g/mol. The van der Waals surface area contributed by atoms with Gasteiger partial charge in [-0.1, -0.05) is 42.5 Å². The van der Waals surface area contributed by atoms with Gasteiger partial charge in [-0.25, -0.2) is 0 Å². The van der Waals surface area contributed by atoms with Crippen molar-refractivity contribution in [2.24, 2.45) is 0 Å². The molecule has 0 atom stereocenters. The van der Waals surface area contributed by atoms with Crippen molar-refractivity contribution < 1.29 is 14.4 Å². The summed E-state index contributed by atoms with van der Waals surface area (Å²) in [6, 6.07) is 16.8. The van der Waals surface area contributed by atoms with Crippen molar-refractivity contribution >= 4 is 29.5 Å². The van der Waals surface area contributed by atoms with Crippen LogP contribution >= 0.6 is 11.8 Å². The van der Waals surface area contributed by atoms with Gasteiger partial charge in [0.15, 0.2) is 0 Å². The van der Waals surface area contributed by atoms with E-state index in [1.165, 1.54) is 22.2 Å². The van der Waals surface area contributed by atoms with E-state index >= 15 is 0 Å². The van der Waals surface area contributed by atoms with Crippen LogP contribution in [0.25, 0.3) is 0 Å². The lowest BCUT2D eigenvalue weighted by Gasteiger charge is -2.13. The van der Waals surface area contributed by atoms with E-state index in [1.807, 2.05) is 30.3 Å². The smallest absolute Gasteiger partial charge is 0.261 e. The van der Waals surface area contributed by atoms with E-state index in [2.05, 4.69) is 5.32 Å². The molecule has 2 aromatic rings. The Bertz CT molecular complexity index is 773. The third kappa shape index (κ3) is 4.32. The molecule has 0 radical (unpaired) electrons. The van der Waals surface area contributed by atoms with Crippen molar-refractivity contribution in [1.29, 1.82) is 0 Å². The Balaban J connectivity index is 1.35. The number of amides is 3. The van der Waals surface area contributed by atoms with Crippen LogP contribution in [0.4, 0.5) is 0 Å². The molecule has 26 heavy (non-hydrogen) atoms. The Morgan fingerprint density at radius 1 is 0.923 bits per heavy atom. The lowest BCUT2D eigenvalue weighted by Crippen LogP contribution is -2.32.